The second-order valence-electron chi connectivity index (χ2n) is 14.9. The van der Waals surface area contributed by atoms with E-state index < -0.39 is 59.0 Å². The largest absolute Gasteiger partial charge is 0.347 e. The van der Waals surface area contributed by atoms with Crippen LogP contribution in [-0.4, -0.2) is 86.9 Å². The number of carbonyl (C=O) groups is 6. The van der Waals surface area contributed by atoms with Crippen molar-refractivity contribution in [3.8, 4) is 0 Å². The molecule has 0 bridgehead atoms. The highest BCUT2D eigenvalue weighted by atomic mass is 16.2. The first kappa shape index (κ1) is 31.1. The van der Waals surface area contributed by atoms with Gasteiger partial charge in [-0.2, -0.15) is 0 Å². The van der Waals surface area contributed by atoms with E-state index in [4.69, 9.17) is 0 Å². The van der Waals surface area contributed by atoms with Gasteiger partial charge in [-0.15, -0.1) is 0 Å². The van der Waals surface area contributed by atoms with E-state index in [1.165, 1.54) is 18.6 Å². The number of Topliss-reactive ketones (excluding diaryl/α,β-unsaturated/α-hetero) is 1. The van der Waals surface area contributed by atoms with Crippen LogP contribution in [0.5, 0.6) is 0 Å². The second-order valence-corrected chi connectivity index (χ2v) is 14.9. The molecule has 2 saturated heterocycles. The molecule has 1 aromatic rings. The summed E-state index contributed by atoms with van der Waals surface area (Å²) in [6, 6.07) is -3.61. The van der Waals surface area contributed by atoms with Crippen LogP contribution in [0, 0.1) is 40.9 Å². The predicted octanol–water partition coefficient (Wildman–Crippen LogP) is 0.207. The van der Waals surface area contributed by atoms with Crippen molar-refractivity contribution in [1.82, 2.24) is 36.1 Å². The quantitative estimate of drug-likeness (QED) is 0.283. The molecule has 0 radical (unpaired) electrons. The fraction of sp³-hybridized carbons (Fsp3) is 0.688. The molecule has 13 nitrogen and oxygen atoms in total. The molecular formula is C32H43N7O6. The summed E-state index contributed by atoms with van der Waals surface area (Å²) < 4.78 is 0. The summed E-state index contributed by atoms with van der Waals surface area (Å²) in [4.78, 5) is 90.2. The number of likely N-dealkylation sites (tertiary alicyclic amines) is 1. The lowest BCUT2D eigenvalue weighted by Gasteiger charge is -2.45. The number of hydrogen-bond acceptors (Lipinski definition) is 8. The van der Waals surface area contributed by atoms with Crippen LogP contribution < -0.4 is 21.3 Å². The lowest BCUT2D eigenvalue weighted by molar-refractivity contribution is -0.145. The van der Waals surface area contributed by atoms with Crippen molar-refractivity contribution in [3.05, 3.63) is 24.3 Å². The molecule has 3 aliphatic carbocycles. The topological polar surface area (TPSA) is 180 Å². The van der Waals surface area contributed by atoms with Crippen molar-refractivity contribution in [3.63, 3.8) is 0 Å². The second kappa shape index (κ2) is 11.5. The summed E-state index contributed by atoms with van der Waals surface area (Å²) in [6.45, 7) is 9.50. The monoisotopic (exact) mass is 621 g/mol. The van der Waals surface area contributed by atoms with Crippen LogP contribution in [-0.2, 0) is 24.0 Å². The maximum Gasteiger partial charge on any atom is 0.289 e. The minimum atomic E-state index is -0.996. The summed E-state index contributed by atoms with van der Waals surface area (Å²) >= 11 is 0. The molecule has 5 aliphatic rings. The Kier molecular flexibility index (Phi) is 7.93. The first-order valence-electron chi connectivity index (χ1n) is 16.1. The Morgan fingerprint density at radius 2 is 1.73 bits per heavy atom. The van der Waals surface area contributed by atoms with Gasteiger partial charge in [0.2, 0.25) is 23.5 Å². The van der Waals surface area contributed by atoms with E-state index in [1.807, 2.05) is 20.8 Å². The van der Waals surface area contributed by atoms with E-state index in [1.54, 1.807) is 18.7 Å². The average molecular weight is 622 g/mol. The van der Waals surface area contributed by atoms with Gasteiger partial charge in [-0.05, 0) is 66.6 Å². The lowest BCUT2D eigenvalue weighted by atomic mass is 9.60. The molecule has 6 rings (SSSR count). The van der Waals surface area contributed by atoms with Crippen molar-refractivity contribution < 1.29 is 28.8 Å². The Balaban J connectivity index is 1.21. The molecule has 3 unspecified atom stereocenters. The van der Waals surface area contributed by atoms with Crippen LogP contribution in [0.1, 0.15) is 70.8 Å². The minimum Gasteiger partial charge on any atom is -0.347 e. The molecular weight excluding hydrogens is 578 g/mol. The average Bonchev–Trinajstić information content (AvgIpc) is 3.68. The standard InChI is InChI=1S/C32H43N7O6/c1-14(2)22(36-27(41)19-12-33-8-9-34-19)28(42)38-26(32(3,4)5)31(45)39-13-16-10-15-11-18-20(15)21(16)24(39)29(43)37-23(18)25(40)30(44)35-17-6-7-17/h8-9,12,14-18,20-24,26H,6-7,10-11,13H2,1-5H3,(H,35,44)(H,36,41)(H,37,43)(H,38,42)/t15?,16-,18?,20?,21+,22-,23-,24-,26+/m0/s1. The Morgan fingerprint density at radius 1 is 1.00 bits per heavy atom. The highest BCUT2D eigenvalue weighted by molar-refractivity contribution is 6.38. The van der Waals surface area contributed by atoms with Gasteiger partial charge in [-0.3, -0.25) is 33.8 Å². The molecule has 2 aliphatic heterocycles. The molecule has 1 aromatic heterocycles. The number of aromatic nitrogens is 2. The van der Waals surface area contributed by atoms with Crippen LogP contribution >= 0.6 is 0 Å². The summed E-state index contributed by atoms with van der Waals surface area (Å²) in [5.74, 6) is -3.14. The Labute approximate surface area is 262 Å². The van der Waals surface area contributed by atoms with Crippen molar-refractivity contribution in [2.45, 2.75) is 90.5 Å². The van der Waals surface area contributed by atoms with E-state index in [2.05, 4.69) is 31.2 Å². The number of ketones is 1. The summed E-state index contributed by atoms with van der Waals surface area (Å²) in [5.41, 5.74) is -0.667. The maximum absolute atomic E-state index is 14.4. The highest BCUT2D eigenvalue weighted by Gasteiger charge is 2.67. The molecule has 242 valence electrons. The van der Waals surface area contributed by atoms with Gasteiger partial charge in [0.05, 0.1) is 6.20 Å². The summed E-state index contributed by atoms with van der Waals surface area (Å²) in [7, 11) is 0. The number of nitrogens with one attached hydrogen (secondary N) is 4. The Hall–Kier alpha value is -3.90. The van der Waals surface area contributed by atoms with Crippen molar-refractivity contribution in [1.29, 1.82) is 0 Å². The van der Waals surface area contributed by atoms with E-state index in [9.17, 15) is 28.8 Å². The zero-order valence-corrected chi connectivity index (χ0v) is 26.4. The van der Waals surface area contributed by atoms with Crippen LogP contribution in [0.3, 0.4) is 0 Å². The maximum atomic E-state index is 14.4. The SMILES string of the molecule is CC(C)[C@H](NC(=O)c1cnccn1)C(=O)N[C@H](C(=O)N1C[C@@H]2CC3CC4C3[C@@H]2[C@H]1C(=O)N[C@@H]4C(=O)C(=O)NC1CC1)C(C)(C)C. The van der Waals surface area contributed by atoms with Gasteiger partial charge in [-0.25, -0.2) is 4.98 Å². The number of rotatable bonds is 9. The van der Waals surface area contributed by atoms with E-state index >= 15 is 0 Å². The highest BCUT2D eigenvalue weighted by Crippen LogP contribution is 2.62. The minimum absolute atomic E-state index is 0.0283. The molecule has 13 heteroatoms. The van der Waals surface area contributed by atoms with Crippen molar-refractivity contribution >= 4 is 35.3 Å². The number of hydrogen-bond donors (Lipinski definition) is 4. The molecule has 5 amide bonds. The van der Waals surface area contributed by atoms with Crippen molar-refractivity contribution in [2.24, 2.45) is 40.9 Å². The normalized spacial score (nSPS) is 31.1. The van der Waals surface area contributed by atoms with E-state index in [-0.39, 0.29) is 47.2 Å². The molecule has 45 heavy (non-hydrogen) atoms. The number of carbonyl (C=O) groups excluding carboxylic acids is 6. The molecule has 5 fully saturated rings. The van der Waals surface area contributed by atoms with Gasteiger partial charge in [0.15, 0.2) is 0 Å². The van der Waals surface area contributed by atoms with Gasteiger partial charge in [0.1, 0.15) is 29.9 Å². The van der Waals surface area contributed by atoms with Gasteiger partial charge < -0.3 is 26.2 Å². The Bertz CT molecular complexity index is 1410. The number of amides is 5. The van der Waals surface area contributed by atoms with Gasteiger partial charge in [-0.1, -0.05) is 34.6 Å². The van der Waals surface area contributed by atoms with Crippen LogP contribution in [0.15, 0.2) is 18.6 Å². The fourth-order valence-electron chi connectivity index (χ4n) is 8.12. The first-order valence-corrected chi connectivity index (χ1v) is 16.1. The third-order valence-electron chi connectivity index (χ3n) is 10.5. The zero-order valence-electron chi connectivity index (χ0n) is 26.4. The van der Waals surface area contributed by atoms with Crippen LogP contribution in [0.25, 0.3) is 0 Å². The van der Waals surface area contributed by atoms with Gasteiger partial charge >= 0.3 is 0 Å². The fourth-order valence-corrected chi connectivity index (χ4v) is 8.12. The first-order chi connectivity index (χ1) is 21.3. The van der Waals surface area contributed by atoms with Gasteiger partial charge in [0, 0.05) is 25.0 Å². The van der Waals surface area contributed by atoms with E-state index in [0.717, 1.165) is 25.7 Å². The van der Waals surface area contributed by atoms with E-state index in [0.29, 0.717) is 12.5 Å². The molecule has 0 spiro atoms. The number of nitrogens with zero attached hydrogens (tertiary/aromatic N) is 3. The molecule has 3 saturated carbocycles. The van der Waals surface area contributed by atoms with Crippen molar-refractivity contribution in [2.75, 3.05) is 6.54 Å². The lowest BCUT2D eigenvalue weighted by Crippen LogP contribution is -2.61. The zero-order chi connectivity index (χ0) is 32.4. The van der Waals surface area contributed by atoms with Gasteiger partial charge in [0.25, 0.3) is 11.8 Å². The summed E-state index contributed by atoms with van der Waals surface area (Å²) in [6.07, 6.45) is 7.49. The summed E-state index contributed by atoms with van der Waals surface area (Å²) in [5, 5.41) is 11.3. The smallest absolute Gasteiger partial charge is 0.289 e. The molecule has 9 atom stereocenters. The van der Waals surface area contributed by atoms with Crippen LogP contribution in [0.4, 0.5) is 0 Å². The predicted molar refractivity (Wildman–Crippen MR) is 160 cm³/mol. The molecule has 4 N–H and O–H groups in total. The third kappa shape index (κ3) is 5.69. The Morgan fingerprint density at radius 3 is 2.36 bits per heavy atom. The van der Waals surface area contributed by atoms with Crippen LogP contribution in [0.2, 0.25) is 0 Å². The molecule has 0 aromatic carbocycles. The third-order valence-corrected chi connectivity index (χ3v) is 10.5. The molecule has 3 heterocycles.